The van der Waals surface area contributed by atoms with E-state index in [1.165, 1.54) is 24.0 Å². The van der Waals surface area contributed by atoms with Gasteiger partial charge in [-0.3, -0.25) is 4.79 Å². The topological polar surface area (TPSA) is 32.3 Å². The highest BCUT2D eigenvalue weighted by molar-refractivity contribution is 5.89. The van der Waals surface area contributed by atoms with Gasteiger partial charge in [0.05, 0.1) is 5.41 Å². The predicted molar refractivity (Wildman–Crippen MR) is 92.6 cm³/mol. The number of nitrogens with zero attached hydrogens (tertiary/aromatic N) is 1. The minimum atomic E-state index is -0.261. The van der Waals surface area contributed by atoms with Crippen molar-refractivity contribution in [3.63, 3.8) is 0 Å². The van der Waals surface area contributed by atoms with E-state index in [1.54, 1.807) is 0 Å². The molecule has 1 amide bonds. The van der Waals surface area contributed by atoms with Crippen molar-refractivity contribution in [3.05, 3.63) is 35.4 Å². The first-order valence-electron chi connectivity index (χ1n) is 8.22. The molecule has 1 N–H and O–H groups in total. The van der Waals surface area contributed by atoms with E-state index in [-0.39, 0.29) is 17.8 Å². The summed E-state index contributed by atoms with van der Waals surface area (Å²) in [6.07, 6.45) is 4.35. The van der Waals surface area contributed by atoms with Crippen LogP contribution in [0.4, 0.5) is 0 Å². The normalized spacial score (nSPS) is 23.9. The molecule has 0 spiro atoms. The van der Waals surface area contributed by atoms with E-state index in [4.69, 9.17) is 0 Å². The van der Waals surface area contributed by atoms with E-state index in [0.717, 1.165) is 32.5 Å². The van der Waals surface area contributed by atoms with Crippen molar-refractivity contribution in [3.8, 4) is 0 Å². The molecule has 3 rings (SSSR count). The third kappa shape index (κ3) is 3.16. The molecule has 1 saturated heterocycles. The van der Waals surface area contributed by atoms with Crippen LogP contribution >= 0.6 is 12.4 Å². The Hall–Kier alpha value is -1.06. The average molecular weight is 323 g/mol. The summed E-state index contributed by atoms with van der Waals surface area (Å²) >= 11 is 0. The zero-order valence-electron chi connectivity index (χ0n) is 13.6. The molecule has 1 saturated carbocycles. The van der Waals surface area contributed by atoms with Crippen molar-refractivity contribution in [1.29, 1.82) is 0 Å². The Balaban J connectivity index is 0.00000176. The van der Waals surface area contributed by atoms with Crippen LogP contribution in [0.15, 0.2) is 24.3 Å². The lowest BCUT2D eigenvalue weighted by Gasteiger charge is -2.39. The maximum atomic E-state index is 13.3. The summed E-state index contributed by atoms with van der Waals surface area (Å²) in [4.78, 5) is 15.4. The van der Waals surface area contributed by atoms with Crippen molar-refractivity contribution in [2.45, 2.75) is 51.0 Å². The summed E-state index contributed by atoms with van der Waals surface area (Å²) in [5.41, 5.74) is 2.22. The molecule has 1 aliphatic carbocycles. The van der Waals surface area contributed by atoms with Gasteiger partial charge in [0.2, 0.25) is 5.91 Å². The van der Waals surface area contributed by atoms with E-state index < -0.39 is 0 Å². The van der Waals surface area contributed by atoms with E-state index in [1.807, 2.05) is 0 Å². The zero-order chi connectivity index (χ0) is 14.9. The minimum absolute atomic E-state index is 0. The largest absolute Gasteiger partial charge is 0.339 e. The number of hydrogen-bond acceptors (Lipinski definition) is 2. The lowest BCUT2D eigenvalue weighted by molar-refractivity contribution is -0.138. The third-order valence-corrected chi connectivity index (χ3v) is 5.09. The second kappa shape index (κ2) is 7.01. The van der Waals surface area contributed by atoms with Crippen molar-refractivity contribution in [2.75, 3.05) is 19.6 Å². The van der Waals surface area contributed by atoms with Crippen molar-refractivity contribution >= 4 is 18.3 Å². The number of benzene rings is 1. The Labute approximate surface area is 139 Å². The van der Waals surface area contributed by atoms with Gasteiger partial charge in [0.25, 0.3) is 0 Å². The van der Waals surface area contributed by atoms with Crippen molar-refractivity contribution in [2.24, 2.45) is 0 Å². The molecule has 2 aliphatic rings. The Morgan fingerprint density at radius 3 is 2.68 bits per heavy atom. The minimum Gasteiger partial charge on any atom is -0.339 e. The van der Waals surface area contributed by atoms with Gasteiger partial charge in [0.1, 0.15) is 0 Å². The van der Waals surface area contributed by atoms with Gasteiger partial charge in [-0.15, -0.1) is 12.4 Å². The fourth-order valence-electron chi connectivity index (χ4n) is 3.97. The van der Waals surface area contributed by atoms with Crippen LogP contribution in [0.1, 0.15) is 43.7 Å². The predicted octanol–water partition coefficient (Wildman–Crippen LogP) is 3.05. The van der Waals surface area contributed by atoms with Gasteiger partial charge in [0, 0.05) is 25.7 Å². The quantitative estimate of drug-likeness (QED) is 0.907. The lowest BCUT2D eigenvalue weighted by Crippen LogP contribution is -2.56. The van der Waals surface area contributed by atoms with Crippen LogP contribution in [0.3, 0.4) is 0 Å². The lowest BCUT2D eigenvalue weighted by atomic mass is 9.77. The second-order valence-corrected chi connectivity index (χ2v) is 6.77. The molecule has 3 nitrogen and oxygen atoms in total. The Bertz CT molecular complexity index is 526. The maximum absolute atomic E-state index is 13.3. The molecule has 1 atom stereocenters. The number of halogens is 1. The number of carbonyl (C=O) groups excluding carboxylic acids is 1. The summed E-state index contributed by atoms with van der Waals surface area (Å²) < 4.78 is 0. The second-order valence-electron chi connectivity index (χ2n) is 6.77. The summed E-state index contributed by atoms with van der Waals surface area (Å²) in [5, 5.41) is 3.42. The maximum Gasteiger partial charge on any atom is 0.233 e. The van der Waals surface area contributed by atoms with Gasteiger partial charge in [-0.1, -0.05) is 42.7 Å². The van der Waals surface area contributed by atoms with Crippen molar-refractivity contribution < 1.29 is 4.79 Å². The van der Waals surface area contributed by atoms with Crippen LogP contribution in [0.25, 0.3) is 0 Å². The molecular weight excluding hydrogens is 296 g/mol. The first-order valence-corrected chi connectivity index (χ1v) is 8.22. The van der Waals surface area contributed by atoms with Gasteiger partial charge in [-0.2, -0.15) is 0 Å². The zero-order valence-corrected chi connectivity index (χ0v) is 14.4. The fraction of sp³-hybridized carbons (Fsp3) is 0.611. The van der Waals surface area contributed by atoms with E-state index in [2.05, 4.69) is 48.3 Å². The molecule has 1 unspecified atom stereocenters. The first-order chi connectivity index (χ1) is 10.1. The monoisotopic (exact) mass is 322 g/mol. The molecule has 122 valence electrons. The van der Waals surface area contributed by atoms with Crippen LogP contribution < -0.4 is 5.32 Å². The van der Waals surface area contributed by atoms with Crippen LogP contribution in [-0.2, 0) is 10.2 Å². The SMILES string of the molecule is Cc1cccc(C2(C(=O)N3CCNC(C)C3)CCCC2)c1.Cl. The van der Waals surface area contributed by atoms with E-state index >= 15 is 0 Å². The molecule has 1 aromatic carbocycles. The Kier molecular flexibility index (Phi) is 5.51. The molecule has 4 heteroatoms. The number of nitrogens with one attached hydrogen (secondary N) is 1. The number of amides is 1. The molecule has 22 heavy (non-hydrogen) atoms. The van der Waals surface area contributed by atoms with Gasteiger partial charge in [-0.25, -0.2) is 0 Å². The molecule has 1 heterocycles. The number of hydrogen-bond donors (Lipinski definition) is 1. The standard InChI is InChI=1S/C18H26N2O.ClH/c1-14-6-5-7-16(12-14)18(8-3-4-9-18)17(21)20-11-10-19-15(2)13-20;/h5-7,12,15,19H,3-4,8-11,13H2,1-2H3;1H. The van der Waals surface area contributed by atoms with Gasteiger partial charge >= 0.3 is 0 Å². The Morgan fingerprint density at radius 2 is 2.05 bits per heavy atom. The summed E-state index contributed by atoms with van der Waals surface area (Å²) in [6, 6.07) is 8.98. The molecule has 1 aromatic rings. The van der Waals surface area contributed by atoms with E-state index in [9.17, 15) is 4.79 Å². The summed E-state index contributed by atoms with van der Waals surface area (Å²) in [5.74, 6) is 0.360. The first kappa shape index (κ1) is 17.3. The van der Waals surface area contributed by atoms with Crippen LogP contribution in [0, 0.1) is 6.92 Å². The molecule has 0 aromatic heterocycles. The molecule has 0 radical (unpaired) electrons. The number of rotatable bonds is 2. The molecule has 0 bridgehead atoms. The Morgan fingerprint density at radius 1 is 1.32 bits per heavy atom. The van der Waals surface area contributed by atoms with Gasteiger partial charge < -0.3 is 10.2 Å². The van der Waals surface area contributed by atoms with Gasteiger partial charge in [-0.05, 0) is 32.3 Å². The number of carbonyl (C=O) groups is 1. The molecule has 2 fully saturated rings. The summed E-state index contributed by atoms with van der Waals surface area (Å²) in [6.45, 7) is 6.87. The fourth-order valence-corrected chi connectivity index (χ4v) is 3.97. The molecular formula is C18H27ClN2O. The highest BCUT2D eigenvalue weighted by Crippen LogP contribution is 2.43. The average Bonchev–Trinajstić information content (AvgIpc) is 2.97. The third-order valence-electron chi connectivity index (χ3n) is 5.09. The molecule has 1 aliphatic heterocycles. The number of aryl methyl sites for hydroxylation is 1. The number of piperazine rings is 1. The van der Waals surface area contributed by atoms with Crippen LogP contribution in [0.5, 0.6) is 0 Å². The van der Waals surface area contributed by atoms with E-state index in [0.29, 0.717) is 11.9 Å². The van der Waals surface area contributed by atoms with Gasteiger partial charge in [0.15, 0.2) is 0 Å². The van der Waals surface area contributed by atoms with Crippen molar-refractivity contribution in [1.82, 2.24) is 10.2 Å². The highest BCUT2D eigenvalue weighted by Gasteiger charge is 2.45. The summed E-state index contributed by atoms with van der Waals surface area (Å²) in [7, 11) is 0. The van der Waals surface area contributed by atoms with Crippen LogP contribution in [-0.4, -0.2) is 36.5 Å². The van der Waals surface area contributed by atoms with Crippen LogP contribution in [0.2, 0.25) is 0 Å². The highest BCUT2D eigenvalue weighted by atomic mass is 35.5. The smallest absolute Gasteiger partial charge is 0.233 e.